The molecular formula is C15H22O3. The van der Waals surface area contributed by atoms with Crippen LogP contribution in [0.2, 0.25) is 0 Å². The van der Waals surface area contributed by atoms with E-state index in [1.807, 2.05) is 0 Å². The highest BCUT2D eigenvalue weighted by Gasteiger charge is 2.33. The van der Waals surface area contributed by atoms with E-state index in [9.17, 15) is 4.79 Å². The molecule has 0 saturated heterocycles. The molecule has 0 bridgehead atoms. The van der Waals surface area contributed by atoms with Crippen LogP contribution >= 0.6 is 0 Å². The Kier molecular flexibility index (Phi) is 4.10. The summed E-state index contributed by atoms with van der Waals surface area (Å²) in [6, 6.07) is 3.36. The Morgan fingerprint density at radius 3 is 2.83 bits per heavy atom. The minimum Gasteiger partial charge on any atom is -0.457 e. The molecule has 0 aromatic carbocycles. The Balaban J connectivity index is 2.02. The van der Waals surface area contributed by atoms with Gasteiger partial charge in [0.1, 0.15) is 6.10 Å². The summed E-state index contributed by atoms with van der Waals surface area (Å²) in [7, 11) is 0. The SMILES string of the molecule is CC(C)[C@H]1CC[C@@H](C)C[C@H]1OC(=O)c1ccco1. The van der Waals surface area contributed by atoms with Crippen molar-refractivity contribution in [2.75, 3.05) is 0 Å². The van der Waals surface area contributed by atoms with Gasteiger partial charge in [0.25, 0.3) is 0 Å². The molecule has 2 rings (SSSR count). The zero-order valence-electron chi connectivity index (χ0n) is 11.4. The molecule has 100 valence electrons. The zero-order chi connectivity index (χ0) is 13.1. The Morgan fingerprint density at radius 1 is 1.44 bits per heavy atom. The molecule has 0 N–H and O–H groups in total. The van der Waals surface area contributed by atoms with E-state index >= 15 is 0 Å². The first-order valence-electron chi connectivity index (χ1n) is 6.82. The number of carbonyl (C=O) groups is 1. The summed E-state index contributed by atoms with van der Waals surface area (Å²) in [5.74, 6) is 1.63. The van der Waals surface area contributed by atoms with Crippen LogP contribution in [-0.4, -0.2) is 12.1 Å². The van der Waals surface area contributed by atoms with Gasteiger partial charge in [-0.25, -0.2) is 4.79 Å². The molecule has 1 aromatic rings. The second-order valence-corrected chi connectivity index (χ2v) is 5.75. The van der Waals surface area contributed by atoms with E-state index in [1.165, 1.54) is 12.7 Å². The van der Waals surface area contributed by atoms with Crippen molar-refractivity contribution in [2.45, 2.75) is 46.1 Å². The Hall–Kier alpha value is -1.25. The van der Waals surface area contributed by atoms with E-state index in [4.69, 9.17) is 9.15 Å². The van der Waals surface area contributed by atoms with Gasteiger partial charge in [0.2, 0.25) is 5.76 Å². The molecule has 0 amide bonds. The molecule has 1 aromatic heterocycles. The molecule has 0 aliphatic heterocycles. The van der Waals surface area contributed by atoms with E-state index in [1.54, 1.807) is 12.1 Å². The molecule has 3 atom stereocenters. The van der Waals surface area contributed by atoms with Crippen molar-refractivity contribution in [2.24, 2.45) is 17.8 Å². The van der Waals surface area contributed by atoms with Gasteiger partial charge in [-0.05, 0) is 42.7 Å². The molecule has 3 heteroatoms. The maximum atomic E-state index is 11.9. The second kappa shape index (κ2) is 5.59. The highest BCUT2D eigenvalue weighted by atomic mass is 16.6. The lowest BCUT2D eigenvalue weighted by molar-refractivity contribution is -0.0198. The third-order valence-electron chi connectivity index (χ3n) is 3.94. The molecule has 0 spiro atoms. The largest absolute Gasteiger partial charge is 0.457 e. The summed E-state index contributed by atoms with van der Waals surface area (Å²) in [5.41, 5.74) is 0. The standard InChI is InChI=1S/C15H22O3/c1-10(2)12-7-6-11(3)9-14(12)18-15(16)13-5-4-8-17-13/h4-5,8,10-12,14H,6-7,9H2,1-3H3/t11-,12-,14-/m1/s1. The van der Waals surface area contributed by atoms with Gasteiger partial charge >= 0.3 is 5.97 Å². The lowest BCUT2D eigenvalue weighted by atomic mass is 9.75. The first kappa shape index (κ1) is 13.2. The van der Waals surface area contributed by atoms with Crippen molar-refractivity contribution in [1.29, 1.82) is 0 Å². The van der Waals surface area contributed by atoms with Crippen molar-refractivity contribution in [3.63, 3.8) is 0 Å². The van der Waals surface area contributed by atoms with Crippen LogP contribution in [0.4, 0.5) is 0 Å². The molecule has 18 heavy (non-hydrogen) atoms. The summed E-state index contributed by atoms with van der Waals surface area (Å²) < 4.78 is 10.7. The Bertz CT molecular complexity index is 380. The van der Waals surface area contributed by atoms with Crippen LogP contribution in [0.5, 0.6) is 0 Å². The molecule has 0 radical (unpaired) electrons. The van der Waals surface area contributed by atoms with Gasteiger partial charge in [-0.15, -0.1) is 0 Å². The van der Waals surface area contributed by atoms with Crippen LogP contribution in [0.3, 0.4) is 0 Å². The fourth-order valence-electron chi connectivity index (χ4n) is 2.84. The van der Waals surface area contributed by atoms with Gasteiger partial charge in [0.15, 0.2) is 0 Å². The number of hydrogen-bond acceptors (Lipinski definition) is 3. The second-order valence-electron chi connectivity index (χ2n) is 5.75. The highest BCUT2D eigenvalue weighted by Crippen LogP contribution is 2.35. The van der Waals surface area contributed by atoms with Gasteiger partial charge in [-0.2, -0.15) is 0 Å². The number of rotatable bonds is 3. The monoisotopic (exact) mass is 250 g/mol. The molecule has 1 saturated carbocycles. The van der Waals surface area contributed by atoms with E-state index in [0.717, 1.165) is 12.8 Å². The molecular weight excluding hydrogens is 228 g/mol. The van der Waals surface area contributed by atoms with E-state index < -0.39 is 0 Å². The maximum absolute atomic E-state index is 11.9. The van der Waals surface area contributed by atoms with Crippen molar-refractivity contribution < 1.29 is 13.9 Å². The van der Waals surface area contributed by atoms with Gasteiger partial charge in [0, 0.05) is 0 Å². The van der Waals surface area contributed by atoms with E-state index in [-0.39, 0.29) is 12.1 Å². The minimum atomic E-state index is -0.329. The molecule has 0 unspecified atom stereocenters. The third-order valence-corrected chi connectivity index (χ3v) is 3.94. The van der Waals surface area contributed by atoms with Gasteiger partial charge < -0.3 is 9.15 Å². The van der Waals surface area contributed by atoms with Crippen LogP contribution in [-0.2, 0) is 4.74 Å². The maximum Gasteiger partial charge on any atom is 0.374 e. The first-order chi connectivity index (χ1) is 8.58. The van der Waals surface area contributed by atoms with Crippen molar-refractivity contribution in [3.05, 3.63) is 24.2 Å². The van der Waals surface area contributed by atoms with Crippen LogP contribution in [0.15, 0.2) is 22.8 Å². The summed E-state index contributed by atoms with van der Waals surface area (Å²) in [5, 5.41) is 0. The Labute approximate surface area is 109 Å². The van der Waals surface area contributed by atoms with Gasteiger partial charge in [-0.1, -0.05) is 27.2 Å². The lowest BCUT2D eigenvalue weighted by Crippen LogP contribution is -2.35. The summed E-state index contributed by atoms with van der Waals surface area (Å²) in [6.45, 7) is 6.63. The average Bonchev–Trinajstić information content (AvgIpc) is 2.81. The summed E-state index contributed by atoms with van der Waals surface area (Å²) in [4.78, 5) is 11.9. The predicted molar refractivity (Wildman–Crippen MR) is 69.3 cm³/mol. The van der Waals surface area contributed by atoms with Crippen LogP contribution in [0.1, 0.15) is 50.6 Å². The predicted octanol–water partition coefficient (Wildman–Crippen LogP) is 3.90. The fourth-order valence-corrected chi connectivity index (χ4v) is 2.84. The van der Waals surface area contributed by atoms with Crippen LogP contribution in [0.25, 0.3) is 0 Å². The lowest BCUT2D eigenvalue weighted by Gasteiger charge is -2.36. The number of hydrogen-bond donors (Lipinski definition) is 0. The fraction of sp³-hybridized carbons (Fsp3) is 0.667. The van der Waals surface area contributed by atoms with E-state index in [2.05, 4.69) is 20.8 Å². The molecule has 1 fully saturated rings. The number of esters is 1. The van der Waals surface area contributed by atoms with Crippen LogP contribution in [0, 0.1) is 17.8 Å². The molecule has 1 aliphatic rings. The van der Waals surface area contributed by atoms with Crippen molar-refractivity contribution in [1.82, 2.24) is 0 Å². The summed E-state index contributed by atoms with van der Waals surface area (Å²) >= 11 is 0. The molecule has 1 heterocycles. The van der Waals surface area contributed by atoms with Crippen molar-refractivity contribution in [3.8, 4) is 0 Å². The average molecular weight is 250 g/mol. The third kappa shape index (κ3) is 2.95. The smallest absolute Gasteiger partial charge is 0.374 e. The quantitative estimate of drug-likeness (QED) is 0.764. The number of ether oxygens (including phenoxy) is 1. The van der Waals surface area contributed by atoms with Crippen LogP contribution < -0.4 is 0 Å². The minimum absolute atomic E-state index is 0.0337. The Morgan fingerprint density at radius 2 is 2.22 bits per heavy atom. The van der Waals surface area contributed by atoms with E-state index in [0.29, 0.717) is 23.5 Å². The van der Waals surface area contributed by atoms with Gasteiger partial charge in [0.05, 0.1) is 6.26 Å². The first-order valence-corrected chi connectivity index (χ1v) is 6.82. The highest BCUT2D eigenvalue weighted by molar-refractivity contribution is 5.86. The topological polar surface area (TPSA) is 39.4 Å². The van der Waals surface area contributed by atoms with Crippen molar-refractivity contribution >= 4 is 5.97 Å². The normalized spacial score (nSPS) is 28.3. The molecule has 1 aliphatic carbocycles. The number of furan rings is 1. The molecule has 3 nitrogen and oxygen atoms in total. The van der Waals surface area contributed by atoms with Gasteiger partial charge in [-0.3, -0.25) is 0 Å². The summed E-state index contributed by atoms with van der Waals surface area (Å²) in [6.07, 6.45) is 4.88. The zero-order valence-corrected chi connectivity index (χ0v) is 11.4. The number of carbonyl (C=O) groups excluding carboxylic acids is 1.